The van der Waals surface area contributed by atoms with E-state index in [1.807, 2.05) is 6.07 Å². The first kappa shape index (κ1) is 11.5. The molecule has 3 rings (SSSR count). The number of nitrogens with one attached hydrogen (secondary N) is 1. The fourth-order valence-electron chi connectivity index (χ4n) is 2.83. The molecule has 2 nitrogen and oxygen atoms in total. The van der Waals surface area contributed by atoms with Gasteiger partial charge in [-0.1, -0.05) is 28.8 Å². The topological polar surface area (TPSA) is 21.3 Å². The van der Waals surface area contributed by atoms with Crippen molar-refractivity contribution >= 4 is 15.9 Å². The summed E-state index contributed by atoms with van der Waals surface area (Å²) < 4.78 is 7.08. The van der Waals surface area contributed by atoms with E-state index in [9.17, 15) is 0 Å². The van der Waals surface area contributed by atoms with Gasteiger partial charge < -0.3 is 10.1 Å². The third-order valence-electron chi connectivity index (χ3n) is 3.75. The minimum absolute atomic E-state index is 0.319. The maximum atomic E-state index is 5.94. The van der Waals surface area contributed by atoms with E-state index in [2.05, 4.69) is 33.4 Å². The fourth-order valence-corrected chi connectivity index (χ4v) is 3.24. The van der Waals surface area contributed by atoms with E-state index in [0.29, 0.717) is 6.10 Å². The van der Waals surface area contributed by atoms with Gasteiger partial charge in [-0.15, -0.1) is 0 Å². The number of rotatable bonds is 3. The Morgan fingerprint density at radius 1 is 1.29 bits per heavy atom. The smallest absolute Gasteiger partial charge is 0.123 e. The molecule has 1 atom stereocenters. The summed E-state index contributed by atoms with van der Waals surface area (Å²) in [6, 6.07) is 7.01. The van der Waals surface area contributed by atoms with Gasteiger partial charge in [-0.25, -0.2) is 0 Å². The normalized spacial score (nSPS) is 23.7. The van der Waals surface area contributed by atoms with E-state index in [4.69, 9.17) is 4.74 Å². The van der Waals surface area contributed by atoms with Crippen molar-refractivity contribution in [3.05, 3.63) is 28.2 Å². The van der Waals surface area contributed by atoms with Crippen LogP contribution in [0.2, 0.25) is 0 Å². The molecular formula is C14H18BrNO. The molecule has 1 saturated carbocycles. The molecule has 1 unspecified atom stereocenters. The summed E-state index contributed by atoms with van der Waals surface area (Å²) in [5, 5.41) is 3.64. The number of hydrogen-bond donors (Lipinski definition) is 1. The molecule has 17 heavy (non-hydrogen) atoms. The molecule has 0 radical (unpaired) electrons. The van der Waals surface area contributed by atoms with Crippen LogP contribution in [0, 0.1) is 0 Å². The predicted molar refractivity (Wildman–Crippen MR) is 72.5 cm³/mol. The Morgan fingerprint density at radius 2 is 2.12 bits per heavy atom. The van der Waals surface area contributed by atoms with Crippen molar-refractivity contribution in [2.24, 2.45) is 0 Å². The monoisotopic (exact) mass is 295 g/mol. The molecular weight excluding hydrogens is 278 g/mol. The van der Waals surface area contributed by atoms with Crippen molar-refractivity contribution in [2.45, 2.75) is 44.2 Å². The van der Waals surface area contributed by atoms with Crippen LogP contribution in [0.15, 0.2) is 22.7 Å². The van der Waals surface area contributed by atoms with Crippen molar-refractivity contribution in [3.8, 4) is 5.75 Å². The maximum absolute atomic E-state index is 5.94. The van der Waals surface area contributed by atoms with Gasteiger partial charge >= 0.3 is 0 Å². The van der Waals surface area contributed by atoms with Crippen molar-refractivity contribution in [1.82, 2.24) is 5.32 Å². The van der Waals surface area contributed by atoms with E-state index in [0.717, 1.165) is 29.2 Å². The molecule has 1 heterocycles. The van der Waals surface area contributed by atoms with Crippen LogP contribution in [0.4, 0.5) is 0 Å². The molecule has 1 aliphatic carbocycles. The fraction of sp³-hybridized carbons (Fsp3) is 0.571. The lowest BCUT2D eigenvalue weighted by Gasteiger charge is -2.16. The van der Waals surface area contributed by atoms with Crippen molar-refractivity contribution < 1.29 is 4.74 Å². The summed E-state index contributed by atoms with van der Waals surface area (Å²) in [6.07, 6.45) is 6.80. The van der Waals surface area contributed by atoms with Gasteiger partial charge in [0.1, 0.15) is 11.9 Å². The van der Waals surface area contributed by atoms with Crippen LogP contribution in [-0.2, 0) is 6.42 Å². The zero-order chi connectivity index (χ0) is 11.7. The van der Waals surface area contributed by atoms with Gasteiger partial charge in [-0.2, -0.15) is 0 Å². The predicted octanol–water partition coefficient (Wildman–Crippen LogP) is 3.28. The second-order valence-corrected chi connectivity index (χ2v) is 6.00. The first-order valence-electron chi connectivity index (χ1n) is 6.50. The summed E-state index contributed by atoms with van der Waals surface area (Å²) >= 11 is 3.51. The second kappa shape index (κ2) is 4.99. The zero-order valence-corrected chi connectivity index (χ0v) is 11.5. The molecule has 0 amide bonds. The van der Waals surface area contributed by atoms with E-state index >= 15 is 0 Å². The minimum Gasteiger partial charge on any atom is -0.488 e. The third-order valence-corrected chi connectivity index (χ3v) is 4.25. The molecule has 1 N–H and O–H groups in total. The summed E-state index contributed by atoms with van der Waals surface area (Å²) in [6.45, 7) is 0.983. The van der Waals surface area contributed by atoms with Crippen LogP contribution < -0.4 is 10.1 Å². The Hall–Kier alpha value is -0.540. The van der Waals surface area contributed by atoms with E-state index in [1.165, 1.54) is 31.2 Å². The molecule has 0 bridgehead atoms. The molecule has 1 fully saturated rings. The van der Waals surface area contributed by atoms with Crippen molar-refractivity contribution in [2.75, 3.05) is 6.54 Å². The molecule has 3 heteroatoms. The van der Waals surface area contributed by atoms with Crippen LogP contribution in [-0.4, -0.2) is 18.7 Å². The van der Waals surface area contributed by atoms with Gasteiger partial charge in [-0.05, 0) is 36.6 Å². The van der Waals surface area contributed by atoms with Crippen LogP contribution in [0.25, 0.3) is 0 Å². The molecule has 0 saturated heterocycles. The highest BCUT2D eigenvalue weighted by atomic mass is 79.9. The Bertz CT molecular complexity index is 401. The molecule has 1 aromatic rings. The van der Waals surface area contributed by atoms with E-state index in [-0.39, 0.29) is 0 Å². The highest BCUT2D eigenvalue weighted by Crippen LogP contribution is 2.31. The Kier molecular flexibility index (Phi) is 3.39. The number of benzene rings is 1. The SMILES string of the molecule is Brc1ccc2c(c1)CC(CNC1CCCC1)O2. The van der Waals surface area contributed by atoms with Crippen molar-refractivity contribution in [1.29, 1.82) is 0 Å². The average Bonchev–Trinajstić information content (AvgIpc) is 2.94. The number of fused-ring (bicyclic) bond motifs is 1. The summed E-state index contributed by atoms with van der Waals surface area (Å²) in [5.41, 5.74) is 1.33. The standard InChI is InChI=1S/C14H18BrNO/c15-11-5-6-14-10(7-11)8-13(17-14)9-16-12-3-1-2-4-12/h5-7,12-13,16H,1-4,8-9H2. The van der Waals surface area contributed by atoms with Gasteiger partial charge in [0.15, 0.2) is 0 Å². The van der Waals surface area contributed by atoms with Crippen LogP contribution >= 0.6 is 15.9 Å². The summed E-state index contributed by atoms with van der Waals surface area (Å²) in [7, 11) is 0. The van der Waals surface area contributed by atoms with Crippen molar-refractivity contribution in [3.63, 3.8) is 0 Å². The first-order valence-corrected chi connectivity index (χ1v) is 7.29. The second-order valence-electron chi connectivity index (χ2n) is 5.09. The maximum Gasteiger partial charge on any atom is 0.123 e. The number of hydrogen-bond acceptors (Lipinski definition) is 2. The van der Waals surface area contributed by atoms with Crippen LogP contribution in [0.5, 0.6) is 5.75 Å². The molecule has 1 aliphatic heterocycles. The lowest BCUT2D eigenvalue weighted by molar-refractivity contribution is 0.221. The third kappa shape index (κ3) is 2.66. The molecule has 0 spiro atoms. The lowest BCUT2D eigenvalue weighted by Crippen LogP contribution is -2.35. The Labute approximate surface area is 111 Å². The Morgan fingerprint density at radius 3 is 2.94 bits per heavy atom. The van der Waals surface area contributed by atoms with Gasteiger partial charge in [0, 0.05) is 23.5 Å². The summed E-state index contributed by atoms with van der Waals surface area (Å²) in [5.74, 6) is 1.06. The highest BCUT2D eigenvalue weighted by Gasteiger charge is 2.24. The summed E-state index contributed by atoms with van der Waals surface area (Å²) in [4.78, 5) is 0. The van der Waals surface area contributed by atoms with E-state index in [1.54, 1.807) is 0 Å². The minimum atomic E-state index is 0.319. The molecule has 0 aromatic heterocycles. The molecule has 92 valence electrons. The van der Waals surface area contributed by atoms with Crippen LogP contribution in [0.1, 0.15) is 31.2 Å². The van der Waals surface area contributed by atoms with Gasteiger partial charge in [0.2, 0.25) is 0 Å². The van der Waals surface area contributed by atoms with Crippen LogP contribution in [0.3, 0.4) is 0 Å². The number of halogens is 1. The highest BCUT2D eigenvalue weighted by molar-refractivity contribution is 9.10. The average molecular weight is 296 g/mol. The zero-order valence-electron chi connectivity index (χ0n) is 9.92. The quantitative estimate of drug-likeness (QED) is 0.924. The largest absolute Gasteiger partial charge is 0.488 e. The molecule has 1 aromatic carbocycles. The number of ether oxygens (including phenoxy) is 1. The molecule has 2 aliphatic rings. The van der Waals surface area contributed by atoms with Gasteiger partial charge in [0.25, 0.3) is 0 Å². The first-order chi connectivity index (χ1) is 8.31. The van der Waals surface area contributed by atoms with Gasteiger partial charge in [0.05, 0.1) is 0 Å². The van der Waals surface area contributed by atoms with Gasteiger partial charge in [-0.3, -0.25) is 0 Å². The van der Waals surface area contributed by atoms with E-state index < -0.39 is 0 Å². The lowest BCUT2D eigenvalue weighted by atomic mass is 10.1. The Balaban J connectivity index is 1.55.